The minimum atomic E-state index is -0.966. The van der Waals surface area contributed by atoms with E-state index in [0.29, 0.717) is 19.1 Å². The maximum atomic E-state index is 12.1. The summed E-state index contributed by atoms with van der Waals surface area (Å²) in [6.45, 7) is 0.961. The third-order valence-electron chi connectivity index (χ3n) is 2.83. The summed E-state index contributed by atoms with van der Waals surface area (Å²) >= 11 is 0. The molecule has 19 heavy (non-hydrogen) atoms. The number of ether oxygens (including phenoxy) is 1. The van der Waals surface area contributed by atoms with E-state index in [1.165, 1.54) is 15.9 Å². The van der Waals surface area contributed by atoms with Gasteiger partial charge in [-0.05, 0) is 0 Å². The van der Waals surface area contributed by atoms with Gasteiger partial charge in [-0.1, -0.05) is 0 Å². The van der Waals surface area contributed by atoms with Crippen LogP contribution in [0.1, 0.15) is 6.42 Å². The van der Waals surface area contributed by atoms with Gasteiger partial charge in [0.2, 0.25) is 5.95 Å². The molecule has 1 unspecified atom stereocenters. The van der Waals surface area contributed by atoms with Gasteiger partial charge in [0.25, 0.3) is 0 Å². The average molecular weight is 269 g/mol. The minimum Gasteiger partial charge on any atom is -0.481 e. The van der Waals surface area contributed by atoms with Crippen LogP contribution in [-0.2, 0) is 16.6 Å². The SMILES string of the molecule is Cn1ncnc1NC(=O)N1CCOCC1CC(=O)O. The van der Waals surface area contributed by atoms with Gasteiger partial charge in [0.05, 0.1) is 25.7 Å². The number of hydrogen-bond acceptors (Lipinski definition) is 5. The topological polar surface area (TPSA) is 110 Å². The fourth-order valence-electron chi connectivity index (χ4n) is 1.87. The monoisotopic (exact) mass is 269 g/mol. The molecule has 0 aromatic carbocycles. The highest BCUT2D eigenvalue weighted by atomic mass is 16.5. The molecule has 0 aliphatic carbocycles. The number of nitrogens with zero attached hydrogens (tertiary/aromatic N) is 4. The van der Waals surface area contributed by atoms with E-state index in [9.17, 15) is 9.59 Å². The predicted octanol–water partition coefficient (Wildman–Crippen LogP) is -0.477. The number of aliphatic carboxylic acids is 1. The van der Waals surface area contributed by atoms with Crippen molar-refractivity contribution >= 4 is 17.9 Å². The number of anilines is 1. The van der Waals surface area contributed by atoms with Crippen LogP contribution >= 0.6 is 0 Å². The lowest BCUT2D eigenvalue weighted by Crippen LogP contribution is -2.51. The number of carbonyl (C=O) groups is 2. The first-order valence-corrected chi connectivity index (χ1v) is 5.79. The second kappa shape index (κ2) is 5.65. The van der Waals surface area contributed by atoms with E-state index in [2.05, 4.69) is 15.4 Å². The van der Waals surface area contributed by atoms with Gasteiger partial charge in [-0.15, -0.1) is 0 Å². The van der Waals surface area contributed by atoms with Gasteiger partial charge in [-0.3, -0.25) is 10.1 Å². The molecule has 1 aliphatic heterocycles. The number of nitrogens with one attached hydrogen (secondary N) is 1. The van der Waals surface area contributed by atoms with Crippen molar-refractivity contribution in [2.75, 3.05) is 25.1 Å². The third kappa shape index (κ3) is 3.19. The lowest BCUT2D eigenvalue weighted by atomic mass is 10.1. The molecule has 1 fully saturated rings. The lowest BCUT2D eigenvalue weighted by molar-refractivity contribution is -0.139. The van der Waals surface area contributed by atoms with Gasteiger partial charge in [0.15, 0.2) is 0 Å². The maximum absolute atomic E-state index is 12.1. The second-order valence-electron chi connectivity index (χ2n) is 4.16. The number of amides is 2. The van der Waals surface area contributed by atoms with Crippen LogP contribution in [0.25, 0.3) is 0 Å². The fourth-order valence-corrected chi connectivity index (χ4v) is 1.87. The Labute approximate surface area is 109 Å². The summed E-state index contributed by atoms with van der Waals surface area (Å²) in [5, 5.41) is 15.3. The largest absolute Gasteiger partial charge is 0.481 e. The molecule has 2 amide bonds. The number of carboxylic acids is 1. The predicted molar refractivity (Wildman–Crippen MR) is 63.6 cm³/mol. The lowest BCUT2D eigenvalue weighted by Gasteiger charge is -2.34. The molecule has 2 heterocycles. The summed E-state index contributed by atoms with van der Waals surface area (Å²) in [4.78, 5) is 28.2. The number of aromatic nitrogens is 3. The van der Waals surface area contributed by atoms with Crippen LogP contribution in [0.15, 0.2) is 6.33 Å². The summed E-state index contributed by atoms with van der Waals surface area (Å²) in [7, 11) is 1.65. The number of carboxylic acid groups (broad SMARTS) is 1. The van der Waals surface area contributed by atoms with E-state index in [1.807, 2.05) is 0 Å². The number of morpholine rings is 1. The quantitative estimate of drug-likeness (QED) is 0.767. The Morgan fingerprint density at radius 1 is 1.63 bits per heavy atom. The summed E-state index contributed by atoms with van der Waals surface area (Å²) in [5.74, 6) is -0.655. The van der Waals surface area contributed by atoms with Crippen LogP contribution in [-0.4, -0.2) is 62.6 Å². The first-order chi connectivity index (χ1) is 9.08. The van der Waals surface area contributed by atoms with Crippen molar-refractivity contribution in [2.45, 2.75) is 12.5 Å². The molecule has 1 atom stereocenters. The Morgan fingerprint density at radius 3 is 3.05 bits per heavy atom. The van der Waals surface area contributed by atoms with Gasteiger partial charge < -0.3 is 14.7 Å². The average Bonchev–Trinajstić information content (AvgIpc) is 2.75. The number of carbonyl (C=O) groups excluding carboxylic acids is 1. The van der Waals surface area contributed by atoms with Gasteiger partial charge >= 0.3 is 12.0 Å². The Morgan fingerprint density at radius 2 is 2.42 bits per heavy atom. The molecule has 0 bridgehead atoms. The molecule has 9 heteroatoms. The van der Waals surface area contributed by atoms with E-state index in [4.69, 9.17) is 9.84 Å². The van der Waals surface area contributed by atoms with E-state index in [1.54, 1.807) is 7.05 Å². The molecule has 0 saturated carbocycles. The summed E-state index contributed by atoms with van der Waals surface area (Å²) < 4.78 is 6.63. The molecule has 9 nitrogen and oxygen atoms in total. The molecule has 2 rings (SSSR count). The Balaban J connectivity index is 2.03. The smallest absolute Gasteiger partial charge is 0.324 e. The molecule has 1 aromatic heterocycles. The molecular formula is C10H15N5O4. The van der Waals surface area contributed by atoms with Crippen LogP contribution in [0.2, 0.25) is 0 Å². The van der Waals surface area contributed by atoms with Gasteiger partial charge in [0.1, 0.15) is 6.33 Å². The number of rotatable bonds is 3. The van der Waals surface area contributed by atoms with Crippen molar-refractivity contribution in [3.05, 3.63) is 6.33 Å². The van der Waals surface area contributed by atoms with Crippen LogP contribution in [0.3, 0.4) is 0 Å². The highest BCUT2D eigenvalue weighted by molar-refractivity contribution is 5.88. The van der Waals surface area contributed by atoms with Gasteiger partial charge in [-0.2, -0.15) is 10.1 Å². The second-order valence-corrected chi connectivity index (χ2v) is 4.16. The van der Waals surface area contributed by atoms with Crippen molar-refractivity contribution in [1.82, 2.24) is 19.7 Å². The highest BCUT2D eigenvalue weighted by Crippen LogP contribution is 2.12. The van der Waals surface area contributed by atoms with Crippen LogP contribution in [0.4, 0.5) is 10.7 Å². The van der Waals surface area contributed by atoms with E-state index < -0.39 is 18.0 Å². The van der Waals surface area contributed by atoms with Crippen molar-refractivity contribution in [2.24, 2.45) is 7.05 Å². The minimum absolute atomic E-state index is 0.147. The molecule has 0 spiro atoms. The van der Waals surface area contributed by atoms with Crippen molar-refractivity contribution in [1.29, 1.82) is 0 Å². The zero-order valence-corrected chi connectivity index (χ0v) is 10.4. The zero-order chi connectivity index (χ0) is 13.8. The first kappa shape index (κ1) is 13.3. The van der Waals surface area contributed by atoms with Crippen LogP contribution in [0, 0.1) is 0 Å². The molecule has 1 aliphatic rings. The van der Waals surface area contributed by atoms with E-state index in [0.717, 1.165) is 0 Å². The number of hydrogen-bond donors (Lipinski definition) is 2. The van der Waals surface area contributed by atoms with Crippen molar-refractivity contribution in [3.63, 3.8) is 0 Å². The Hall–Kier alpha value is -2.16. The zero-order valence-electron chi connectivity index (χ0n) is 10.4. The van der Waals surface area contributed by atoms with E-state index in [-0.39, 0.29) is 13.0 Å². The molecule has 104 valence electrons. The molecule has 0 radical (unpaired) electrons. The van der Waals surface area contributed by atoms with Crippen LogP contribution in [0.5, 0.6) is 0 Å². The molecular weight excluding hydrogens is 254 g/mol. The first-order valence-electron chi connectivity index (χ1n) is 5.79. The number of urea groups is 1. The third-order valence-corrected chi connectivity index (χ3v) is 2.83. The van der Waals surface area contributed by atoms with Gasteiger partial charge in [-0.25, -0.2) is 9.48 Å². The maximum Gasteiger partial charge on any atom is 0.324 e. The van der Waals surface area contributed by atoms with E-state index >= 15 is 0 Å². The standard InChI is InChI=1S/C10H15N5O4/c1-14-9(11-6-12-14)13-10(18)15-2-3-19-5-7(15)4-8(16)17/h6-7H,2-5H2,1H3,(H,16,17)(H,11,12,13,18). The summed E-state index contributed by atoms with van der Waals surface area (Å²) in [6, 6.07) is -0.870. The molecule has 2 N–H and O–H groups in total. The Bertz CT molecular complexity index is 474. The van der Waals surface area contributed by atoms with Gasteiger partial charge in [0, 0.05) is 13.6 Å². The fraction of sp³-hybridized carbons (Fsp3) is 0.600. The summed E-state index contributed by atoms with van der Waals surface area (Å²) in [6.07, 6.45) is 1.18. The van der Waals surface area contributed by atoms with Crippen molar-refractivity contribution < 1.29 is 19.4 Å². The molecule has 1 aromatic rings. The Kier molecular flexibility index (Phi) is 3.95. The normalized spacial score (nSPS) is 19.2. The highest BCUT2D eigenvalue weighted by Gasteiger charge is 2.29. The van der Waals surface area contributed by atoms with Crippen molar-refractivity contribution in [3.8, 4) is 0 Å². The van der Waals surface area contributed by atoms with Crippen LogP contribution < -0.4 is 5.32 Å². The summed E-state index contributed by atoms with van der Waals surface area (Å²) in [5.41, 5.74) is 0. The number of aryl methyl sites for hydroxylation is 1. The molecule has 1 saturated heterocycles.